The summed E-state index contributed by atoms with van der Waals surface area (Å²) < 4.78 is 0. The Balaban J connectivity index is 2.28. The number of nitrogens with zero attached hydrogens (tertiary/aromatic N) is 2. The van der Waals surface area contributed by atoms with E-state index in [0.717, 1.165) is 29.4 Å². The first-order valence-electron chi connectivity index (χ1n) is 5.70. The van der Waals surface area contributed by atoms with Crippen molar-refractivity contribution in [3.05, 3.63) is 17.1 Å². The van der Waals surface area contributed by atoms with E-state index in [1.807, 2.05) is 6.92 Å². The molecule has 82 valence electrons. The second kappa shape index (κ2) is 3.80. The molecule has 0 atom stereocenters. The highest BCUT2D eigenvalue weighted by Gasteiger charge is 2.23. The fraction of sp³-hybridized carbons (Fsp3) is 0.667. The van der Waals surface area contributed by atoms with Crippen molar-refractivity contribution in [2.24, 2.45) is 5.92 Å². The standard InChI is InChI=1S/C12H19N3/c1-7(2)11-8(3)14-10(15-12(11)13)6-9-4-5-9/h7,9H,4-6H2,1-3H3,(H2,13,14,15). The molecule has 0 saturated heterocycles. The molecule has 1 aromatic rings. The van der Waals surface area contributed by atoms with E-state index >= 15 is 0 Å². The van der Waals surface area contributed by atoms with E-state index in [1.165, 1.54) is 12.8 Å². The topological polar surface area (TPSA) is 51.8 Å². The van der Waals surface area contributed by atoms with Crippen molar-refractivity contribution in [3.63, 3.8) is 0 Å². The van der Waals surface area contributed by atoms with Gasteiger partial charge in [0, 0.05) is 17.7 Å². The lowest BCUT2D eigenvalue weighted by Crippen LogP contribution is -2.09. The molecule has 3 nitrogen and oxygen atoms in total. The van der Waals surface area contributed by atoms with Crippen molar-refractivity contribution >= 4 is 5.82 Å². The molecule has 0 spiro atoms. The van der Waals surface area contributed by atoms with Gasteiger partial charge in [-0.25, -0.2) is 9.97 Å². The van der Waals surface area contributed by atoms with Gasteiger partial charge in [0.1, 0.15) is 11.6 Å². The van der Waals surface area contributed by atoms with Crippen LogP contribution < -0.4 is 5.73 Å². The SMILES string of the molecule is Cc1nc(CC2CC2)nc(N)c1C(C)C. The summed E-state index contributed by atoms with van der Waals surface area (Å²) in [4.78, 5) is 8.95. The van der Waals surface area contributed by atoms with Gasteiger partial charge in [0.05, 0.1) is 0 Å². The molecule has 1 fully saturated rings. The molecule has 0 aliphatic heterocycles. The van der Waals surface area contributed by atoms with Crippen LogP contribution in [0.5, 0.6) is 0 Å². The van der Waals surface area contributed by atoms with Gasteiger partial charge in [0.15, 0.2) is 0 Å². The third kappa shape index (κ3) is 2.28. The van der Waals surface area contributed by atoms with Crippen LogP contribution in [0.1, 0.15) is 49.7 Å². The second-order valence-corrected chi connectivity index (χ2v) is 4.83. The Labute approximate surface area is 91.1 Å². The molecule has 1 aliphatic carbocycles. The number of rotatable bonds is 3. The zero-order valence-electron chi connectivity index (χ0n) is 9.75. The highest BCUT2D eigenvalue weighted by molar-refractivity contribution is 5.44. The van der Waals surface area contributed by atoms with Crippen molar-refractivity contribution in [2.45, 2.75) is 46.0 Å². The number of anilines is 1. The number of hydrogen-bond donors (Lipinski definition) is 1. The summed E-state index contributed by atoms with van der Waals surface area (Å²) in [7, 11) is 0. The van der Waals surface area contributed by atoms with Crippen molar-refractivity contribution in [1.29, 1.82) is 0 Å². The van der Waals surface area contributed by atoms with E-state index in [-0.39, 0.29) is 0 Å². The maximum atomic E-state index is 5.97. The van der Waals surface area contributed by atoms with Gasteiger partial charge in [0.25, 0.3) is 0 Å². The van der Waals surface area contributed by atoms with Crippen LogP contribution in [0.2, 0.25) is 0 Å². The Kier molecular flexibility index (Phi) is 2.63. The van der Waals surface area contributed by atoms with E-state index < -0.39 is 0 Å². The van der Waals surface area contributed by atoms with Gasteiger partial charge in [-0.3, -0.25) is 0 Å². The molecule has 2 rings (SSSR count). The number of nitrogen functional groups attached to an aromatic ring is 1. The molecule has 0 radical (unpaired) electrons. The molecule has 2 N–H and O–H groups in total. The third-order valence-corrected chi connectivity index (χ3v) is 2.96. The number of aromatic nitrogens is 2. The summed E-state index contributed by atoms with van der Waals surface area (Å²) in [6.07, 6.45) is 3.66. The fourth-order valence-electron chi connectivity index (χ4n) is 2.05. The fourth-order valence-corrected chi connectivity index (χ4v) is 2.05. The van der Waals surface area contributed by atoms with E-state index in [0.29, 0.717) is 11.7 Å². The lowest BCUT2D eigenvalue weighted by atomic mass is 10.0. The van der Waals surface area contributed by atoms with Crippen molar-refractivity contribution in [1.82, 2.24) is 9.97 Å². The average molecular weight is 205 g/mol. The van der Waals surface area contributed by atoms with Crippen molar-refractivity contribution < 1.29 is 0 Å². The molecule has 0 bridgehead atoms. The molecular formula is C12H19N3. The summed E-state index contributed by atoms with van der Waals surface area (Å²) in [5.41, 5.74) is 8.12. The lowest BCUT2D eigenvalue weighted by Gasteiger charge is -2.12. The Bertz CT molecular complexity index is 344. The first kappa shape index (κ1) is 10.4. The van der Waals surface area contributed by atoms with Crippen LogP contribution in [0, 0.1) is 12.8 Å². The minimum Gasteiger partial charge on any atom is -0.383 e. The molecule has 0 aromatic carbocycles. The first-order valence-corrected chi connectivity index (χ1v) is 5.70. The smallest absolute Gasteiger partial charge is 0.131 e. The van der Waals surface area contributed by atoms with Crippen molar-refractivity contribution in [2.75, 3.05) is 5.73 Å². The zero-order chi connectivity index (χ0) is 11.0. The normalized spacial score (nSPS) is 16.0. The van der Waals surface area contributed by atoms with Crippen LogP contribution in [-0.2, 0) is 6.42 Å². The van der Waals surface area contributed by atoms with Crippen LogP contribution >= 0.6 is 0 Å². The second-order valence-electron chi connectivity index (χ2n) is 4.83. The maximum absolute atomic E-state index is 5.97. The van der Waals surface area contributed by atoms with Gasteiger partial charge in [-0.1, -0.05) is 13.8 Å². The van der Waals surface area contributed by atoms with Crippen LogP contribution in [0.15, 0.2) is 0 Å². The molecule has 1 heterocycles. The Morgan fingerprint density at radius 1 is 1.33 bits per heavy atom. The van der Waals surface area contributed by atoms with Crippen LogP contribution in [0.4, 0.5) is 5.82 Å². The molecule has 1 aliphatic rings. The maximum Gasteiger partial charge on any atom is 0.131 e. The van der Waals surface area contributed by atoms with Crippen LogP contribution in [0.25, 0.3) is 0 Å². The first-order chi connectivity index (χ1) is 7.08. The van der Waals surface area contributed by atoms with E-state index in [4.69, 9.17) is 5.73 Å². The molecule has 15 heavy (non-hydrogen) atoms. The lowest BCUT2D eigenvalue weighted by molar-refractivity contribution is 0.748. The van der Waals surface area contributed by atoms with Gasteiger partial charge in [-0.15, -0.1) is 0 Å². The highest BCUT2D eigenvalue weighted by atomic mass is 15.0. The minimum absolute atomic E-state index is 0.403. The predicted octanol–water partition coefficient (Wildman–Crippen LogP) is 2.44. The molecule has 0 amide bonds. The van der Waals surface area contributed by atoms with E-state index in [1.54, 1.807) is 0 Å². The van der Waals surface area contributed by atoms with E-state index in [2.05, 4.69) is 23.8 Å². The van der Waals surface area contributed by atoms with Gasteiger partial charge in [-0.2, -0.15) is 0 Å². The average Bonchev–Trinajstić information content (AvgIpc) is 2.85. The van der Waals surface area contributed by atoms with Crippen LogP contribution in [-0.4, -0.2) is 9.97 Å². The van der Waals surface area contributed by atoms with Crippen molar-refractivity contribution in [3.8, 4) is 0 Å². The Hall–Kier alpha value is -1.12. The molecular weight excluding hydrogens is 186 g/mol. The Morgan fingerprint density at radius 3 is 2.47 bits per heavy atom. The summed E-state index contributed by atoms with van der Waals surface area (Å²) >= 11 is 0. The molecule has 3 heteroatoms. The number of hydrogen-bond acceptors (Lipinski definition) is 3. The molecule has 1 aromatic heterocycles. The summed E-state index contributed by atoms with van der Waals surface area (Å²) in [6, 6.07) is 0. The third-order valence-electron chi connectivity index (χ3n) is 2.96. The van der Waals surface area contributed by atoms with Crippen LogP contribution in [0.3, 0.4) is 0 Å². The summed E-state index contributed by atoms with van der Waals surface area (Å²) in [5, 5.41) is 0. The number of nitrogens with two attached hydrogens (primary N) is 1. The zero-order valence-corrected chi connectivity index (χ0v) is 9.75. The van der Waals surface area contributed by atoms with Gasteiger partial charge >= 0.3 is 0 Å². The molecule has 0 unspecified atom stereocenters. The van der Waals surface area contributed by atoms with Gasteiger partial charge < -0.3 is 5.73 Å². The minimum atomic E-state index is 0.403. The number of aryl methyl sites for hydroxylation is 1. The summed E-state index contributed by atoms with van der Waals surface area (Å²) in [6.45, 7) is 6.29. The molecule has 1 saturated carbocycles. The Morgan fingerprint density at radius 2 is 2.00 bits per heavy atom. The largest absolute Gasteiger partial charge is 0.383 e. The van der Waals surface area contributed by atoms with Gasteiger partial charge in [0.2, 0.25) is 0 Å². The quantitative estimate of drug-likeness (QED) is 0.824. The highest BCUT2D eigenvalue weighted by Crippen LogP contribution is 2.32. The van der Waals surface area contributed by atoms with E-state index in [9.17, 15) is 0 Å². The predicted molar refractivity (Wildman–Crippen MR) is 61.7 cm³/mol. The van der Waals surface area contributed by atoms with Gasteiger partial charge in [-0.05, 0) is 31.6 Å². The summed E-state index contributed by atoms with van der Waals surface area (Å²) in [5.74, 6) is 2.82. The monoisotopic (exact) mass is 205 g/mol.